The highest BCUT2D eigenvalue weighted by Gasteiger charge is 1.89. The molecular weight excluding hydrogens is 172 g/mol. The first-order valence-electron chi connectivity index (χ1n) is 5.00. The third-order valence-corrected chi connectivity index (χ3v) is 1.58. The topological polar surface area (TPSA) is 35.8 Å². The van der Waals surface area contributed by atoms with Crippen LogP contribution in [0.2, 0.25) is 0 Å². The average Bonchev–Trinajstić information content (AvgIpc) is 2.21. The van der Waals surface area contributed by atoms with E-state index in [0.29, 0.717) is 6.42 Å². The van der Waals surface area contributed by atoms with Crippen LogP contribution >= 0.6 is 0 Å². The Kier molecular flexibility index (Phi) is 7.26. The fraction of sp³-hybridized carbons (Fsp3) is 0.417. The lowest BCUT2D eigenvalue weighted by Crippen LogP contribution is -1.99. The third kappa shape index (κ3) is 5.21. The Bertz CT molecular complexity index is 287. The first-order valence-corrected chi connectivity index (χ1v) is 5.00. The van der Waals surface area contributed by atoms with Crippen LogP contribution in [-0.4, -0.2) is 6.54 Å². The van der Waals surface area contributed by atoms with Gasteiger partial charge in [0.1, 0.15) is 0 Å². The van der Waals surface area contributed by atoms with Crippen molar-refractivity contribution in [2.45, 2.75) is 27.2 Å². The van der Waals surface area contributed by atoms with Crippen LogP contribution in [0.1, 0.15) is 25.8 Å². The average molecular weight is 190 g/mol. The van der Waals surface area contributed by atoms with Gasteiger partial charge in [0.05, 0.1) is 12.5 Å². The molecule has 0 saturated heterocycles. The minimum atomic E-state index is 0.550. The zero-order chi connectivity index (χ0) is 10.8. The van der Waals surface area contributed by atoms with E-state index in [1.54, 1.807) is 0 Å². The predicted molar refractivity (Wildman–Crippen MR) is 61.2 cm³/mol. The second-order valence-corrected chi connectivity index (χ2v) is 2.70. The predicted octanol–water partition coefficient (Wildman–Crippen LogP) is 3.35. The van der Waals surface area contributed by atoms with Crippen LogP contribution in [0.25, 0.3) is 0 Å². The molecule has 0 bridgehead atoms. The number of anilines is 1. The monoisotopic (exact) mass is 190 g/mol. The van der Waals surface area contributed by atoms with Crippen molar-refractivity contribution in [3.8, 4) is 6.07 Å². The Morgan fingerprint density at radius 2 is 2.07 bits per heavy atom. The lowest BCUT2D eigenvalue weighted by molar-refractivity contribution is 1.07. The van der Waals surface area contributed by atoms with E-state index >= 15 is 0 Å². The molecule has 0 fully saturated rings. The highest BCUT2D eigenvalue weighted by Crippen LogP contribution is 2.08. The molecule has 0 spiro atoms. The molecule has 0 aliphatic carbocycles. The zero-order valence-electron chi connectivity index (χ0n) is 9.17. The molecule has 0 aliphatic heterocycles. The summed E-state index contributed by atoms with van der Waals surface area (Å²) >= 11 is 0. The molecule has 1 N–H and O–H groups in total. The highest BCUT2D eigenvalue weighted by atomic mass is 14.9. The molecule has 1 aromatic carbocycles. The van der Waals surface area contributed by atoms with Crippen LogP contribution in [0, 0.1) is 18.3 Å². The fourth-order valence-electron chi connectivity index (χ4n) is 1.02. The van der Waals surface area contributed by atoms with Crippen molar-refractivity contribution < 1.29 is 0 Å². The number of nitrogens with one attached hydrogen (secondary N) is 1. The van der Waals surface area contributed by atoms with Gasteiger partial charge in [0.25, 0.3) is 0 Å². The number of nitriles is 1. The second-order valence-electron chi connectivity index (χ2n) is 2.70. The van der Waals surface area contributed by atoms with Crippen molar-refractivity contribution in [1.29, 1.82) is 5.26 Å². The van der Waals surface area contributed by atoms with Gasteiger partial charge in [0, 0.05) is 12.2 Å². The van der Waals surface area contributed by atoms with Gasteiger partial charge in [0.2, 0.25) is 0 Å². The number of aryl methyl sites for hydroxylation is 1. The van der Waals surface area contributed by atoms with Crippen molar-refractivity contribution in [3.63, 3.8) is 0 Å². The molecule has 0 saturated carbocycles. The maximum atomic E-state index is 8.31. The highest BCUT2D eigenvalue weighted by molar-refractivity contribution is 5.45. The minimum absolute atomic E-state index is 0.550. The van der Waals surface area contributed by atoms with Crippen molar-refractivity contribution >= 4 is 5.69 Å². The SMILES string of the molecule is CC.Cc1cccc(NCCC#N)c1. The Morgan fingerprint density at radius 3 is 2.64 bits per heavy atom. The zero-order valence-corrected chi connectivity index (χ0v) is 9.17. The van der Waals surface area contributed by atoms with Crippen LogP contribution in [0.5, 0.6) is 0 Å². The van der Waals surface area contributed by atoms with Gasteiger partial charge in [0.15, 0.2) is 0 Å². The fourth-order valence-corrected chi connectivity index (χ4v) is 1.02. The Labute approximate surface area is 86.6 Å². The van der Waals surface area contributed by atoms with Crippen molar-refractivity contribution in [3.05, 3.63) is 29.8 Å². The normalized spacial score (nSPS) is 8.14. The minimum Gasteiger partial charge on any atom is -0.384 e. The number of hydrogen-bond acceptors (Lipinski definition) is 2. The van der Waals surface area contributed by atoms with Gasteiger partial charge in [-0.1, -0.05) is 26.0 Å². The number of hydrogen-bond donors (Lipinski definition) is 1. The summed E-state index contributed by atoms with van der Waals surface area (Å²) in [6, 6.07) is 10.2. The molecule has 0 atom stereocenters. The molecule has 2 nitrogen and oxygen atoms in total. The van der Waals surface area contributed by atoms with Crippen molar-refractivity contribution in [1.82, 2.24) is 0 Å². The van der Waals surface area contributed by atoms with Crippen LogP contribution < -0.4 is 5.32 Å². The molecule has 0 aromatic heterocycles. The molecule has 0 heterocycles. The van der Waals surface area contributed by atoms with E-state index < -0.39 is 0 Å². The molecule has 0 aliphatic rings. The summed E-state index contributed by atoms with van der Waals surface area (Å²) in [5.41, 5.74) is 2.32. The van der Waals surface area contributed by atoms with Gasteiger partial charge in [-0.15, -0.1) is 0 Å². The molecule has 14 heavy (non-hydrogen) atoms. The molecule has 1 aromatic rings. The van der Waals surface area contributed by atoms with Gasteiger partial charge in [-0.2, -0.15) is 5.26 Å². The van der Waals surface area contributed by atoms with E-state index in [1.165, 1.54) is 5.56 Å². The van der Waals surface area contributed by atoms with Crippen molar-refractivity contribution in [2.24, 2.45) is 0 Å². The lowest BCUT2D eigenvalue weighted by atomic mass is 10.2. The molecule has 0 radical (unpaired) electrons. The van der Waals surface area contributed by atoms with Gasteiger partial charge in [-0.05, 0) is 24.6 Å². The van der Waals surface area contributed by atoms with Crippen LogP contribution in [0.4, 0.5) is 5.69 Å². The van der Waals surface area contributed by atoms with E-state index in [0.717, 1.165) is 12.2 Å². The summed E-state index contributed by atoms with van der Waals surface area (Å²) in [5.74, 6) is 0. The molecule has 76 valence electrons. The van der Waals surface area contributed by atoms with E-state index in [4.69, 9.17) is 5.26 Å². The first kappa shape index (κ1) is 12.5. The molecule has 0 unspecified atom stereocenters. The Hall–Kier alpha value is -1.49. The summed E-state index contributed by atoms with van der Waals surface area (Å²) < 4.78 is 0. The lowest BCUT2D eigenvalue weighted by Gasteiger charge is -2.03. The van der Waals surface area contributed by atoms with Crippen LogP contribution in [-0.2, 0) is 0 Å². The summed E-state index contributed by atoms with van der Waals surface area (Å²) in [4.78, 5) is 0. The maximum absolute atomic E-state index is 8.31. The number of rotatable bonds is 3. The molecule has 0 amide bonds. The van der Waals surface area contributed by atoms with E-state index in [9.17, 15) is 0 Å². The third-order valence-electron chi connectivity index (χ3n) is 1.58. The standard InChI is InChI=1S/C10H12N2.C2H6/c1-9-4-2-5-10(8-9)12-7-3-6-11;1-2/h2,4-5,8,12H,3,7H2,1H3;1-2H3. The second kappa shape index (κ2) is 8.12. The van der Waals surface area contributed by atoms with E-state index in [2.05, 4.69) is 30.4 Å². The van der Waals surface area contributed by atoms with Gasteiger partial charge in [-0.25, -0.2) is 0 Å². The van der Waals surface area contributed by atoms with Gasteiger partial charge in [-0.3, -0.25) is 0 Å². The summed E-state index contributed by atoms with van der Waals surface area (Å²) in [6.45, 7) is 6.77. The number of benzene rings is 1. The van der Waals surface area contributed by atoms with Gasteiger partial charge < -0.3 is 5.32 Å². The maximum Gasteiger partial charge on any atom is 0.0640 e. The first-order chi connectivity index (χ1) is 6.83. The largest absolute Gasteiger partial charge is 0.384 e. The molecular formula is C12H18N2. The Balaban J connectivity index is 0.000000791. The van der Waals surface area contributed by atoms with Gasteiger partial charge >= 0.3 is 0 Å². The molecule has 1 rings (SSSR count). The van der Waals surface area contributed by atoms with Crippen LogP contribution in [0.15, 0.2) is 24.3 Å². The summed E-state index contributed by atoms with van der Waals surface area (Å²) in [5, 5.41) is 11.5. The van der Waals surface area contributed by atoms with Crippen LogP contribution in [0.3, 0.4) is 0 Å². The van der Waals surface area contributed by atoms with E-state index in [1.807, 2.05) is 26.0 Å². The quantitative estimate of drug-likeness (QED) is 0.742. The Morgan fingerprint density at radius 1 is 1.36 bits per heavy atom. The number of nitrogens with zero attached hydrogens (tertiary/aromatic N) is 1. The molecule has 2 heteroatoms. The van der Waals surface area contributed by atoms with Crippen molar-refractivity contribution in [2.75, 3.05) is 11.9 Å². The smallest absolute Gasteiger partial charge is 0.0640 e. The summed E-state index contributed by atoms with van der Waals surface area (Å²) in [7, 11) is 0. The van der Waals surface area contributed by atoms with E-state index in [-0.39, 0.29) is 0 Å². The summed E-state index contributed by atoms with van der Waals surface area (Å²) in [6.07, 6.45) is 0.550.